The third-order valence-corrected chi connectivity index (χ3v) is 3.25. The van der Waals surface area contributed by atoms with Crippen LogP contribution in [0.5, 0.6) is 0 Å². The minimum absolute atomic E-state index is 0.0614. The molecular formula is C10H13N5O2. The van der Waals surface area contributed by atoms with Crippen LogP contribution < -0.4 is 11.3 Å². The van der Waals surface area contributed by atoms with Gasteiger partial charge in [0.25, 0.3) is 5.56 Å². The van der Waals surface area contributed by atoms with Gasteiger partial charge in [-0.1, -0.05) is 0 Å². The molecule has 0 aromatic carbocycles. The van der Waals surface area contributed by atoms with E-state index in [1.807, 2.05) is 0 Å². The zero-order valence-electron chi connectivity index (χ0n) is 9.13. The molecule has 7 nitrogen and oxygen atoms in total. The van der Waals surface area contributed by atoms with Gasteiger partial charge in [-0.25, -0.2) is 4.98 Å². The third kappa shape index (κ3) is 1.50. The van der Waals surface area contributed by atoms with E-state index in [1.165, 1.54) is 0 Å². The molecule has 1 fully saturated rings. The summed E-state index contributed by atoms with van der Waals surface area (Å²) in [6.45, 7) is 0. The molecule has 0 amide bonds. The van der Waals surface area contributed by atoms with E-state index in [2.05, 4.69) is 15.0 Å². The smallest absolute Gasteiger partial charge is 0.280 e. The number of aliphatic hydroxyl groups is 1. The molecule has 0 radical (unpaired) electrons. The second kappa shape index (κ2) is 3.56. The standard InChI is InChI=1S/C10H13N5O2/c11-10-13-8-7(9(17)14-10)12-4-15(8)5-2-1-3-6(5)16/h4-6,16H,1-3H2,(H3,11,13,14,17)/t5-,6+/m0/s1. The number of anilines is 1. The lowest BCUT2D eigenvalue weighted by Crippen LogP contribution is -2.19. The van der Waals surface area contributed by atoms with Crippen LogP contribution in [-0.4, -0.2) is 30.7 Å². The molecule has 0 unspecified atom stereocenters. The van der Waals surface area contributed by atoms with Crippen molar-refractivity contribution in [3.05, 3.63) is 16.7 Å². The van der Waals surface area contributed by atoms with E-state index >= 15 is 0 Å². The maximum Gasteiger partial charge on any atom is 0.280 e. The molecule has 2 heterocycles. The summed E-state index contributed by atoms with van der Waals surface area (Å²) in [5, 5.41) is 9.87. The molecule has 2 aromatic rings. The second-order valence-corrected chi connectivity index (χ2v) is 4.34. The van der Waals surface area contributed by atoms with E-state index in [-0.39, 0.29) is 23.1 Å². The van der Waals surface area contributed by atoms with Gasteiger partial charge in [0.15, 0.2) is 11.2 Å². The van der Waals surface area contributed by atoms with Crippen LogP contribution in [0.15, 0.2) is 11.1 Å². The first-order chi connectivity index (χ1) is 8.16. The molecule has 4 N–H and O–H groups in total. The van der Waals surface area contributed by atoms with Gasteiger partial charge in [-0.15, -0.1) is 0 Å². The average Bonchev–Trinajstić information content (AvgIpc) is 2.84. The Balaban J connectivity index is 2.21. The van der Waals surface area contributed by atoms with Gasteiger partial charge < -0.3 is 15.4 Å². The number of nitrogens with zero attached hydrogens (tertiary/aromatic N) is 3. The average molecular weight is 235 g/mol. The summed E-state index contributed by atoms with van der Waals surface area (Å²) in [6, 6.07) is -0.0614. The first-order valence-corrected chi connectivity index (χ1v) is 5.57. The largest absolute Gasteiger partial charge is 0.391 e. The van der Waals surface area contributed by atoms with Crippen molar-refractivity contribution in [1.82, 2.24) is 19.5 Å². The van der Waals surface area contributed by atoms with E-state index in [1.54, 1.807) is 10.9 Å². The van der Waals surface area contributed by atoms with Gasteiger partial charge in [0.2, 0.25) is 5.95 Å². The summed E-state index contributed by atoms with van der Waals surface area (Å²) < 4.78 is 1.75. The van der Waals surface area contributed by atoms with Crippen molar-refractivity contribution >= 4 is 17.1 Å². The Labute approximate surface area is 96.3 Å². The highest BCUT2D eigenvalue weighted by Gasteiger charge is 2.28. The number of rotatable bonds is 1. The summed E-state index contributed by atoms with van der Waals surface area (Å²) in [7, 11) is 0. The summed E-state index contributed by atoms with van der Waals surface area (Å²) in [6.07, 6.45) is 3.73. The fraction of sp³-hybridized carbons (Fsp3) is 0.500. The number of aromatic nitrogens is 4. The van der Waals surface area contributed by atoms with Gasteiger partial charge in [0.1, 0.15) is 0 Å². The highest BCUT2D eigenvalue weighted by Crippen LogP contribution is 2.31. The van der Waals surface area contributed by atoms with Crippen LogP contribution in [0.1, 0.15) is 25.3 Å². The lowest BCUT2D eigenvalue weighted by molar-refractivity contribution is 0.138. The van der Waals surface area contributed by atoms with Crippen molar-refractivity contribution in [3.63, 3.8) is 0 Å². The maximum atomic E-state index is 11.6. The Morgan fingerprint density at radius 2 is 2.35 bits per heavy atom. The fourth-order valence-electron chi connectivity index (χ4n) is 2.43. The molecule has 0 saturated heterocycles. The minimum atomic E-state index is -0.408. The number of hydrogen-bond acceptors (Lipinski definition) is 5. The number of aliphatic hydroxyl groups excluding tert-OH is 1. The van der Waals surface area contributed by atoms with Crippen LogP contribution >= 0.6 is 0 Å². The van der Waals surface area contributed by atoms with E-state index in [0.29, 0.717) is 5.65 Å². The highest BCUT2D eigenvalue weighted by molar-refractivity contribution is 5.70. The number of nitrogen functional groups attached to an aromatic ring is 1. The zero-order chi connectivity index (χ0) is 12.0. The SMILES string of the molecule is Nc1nc2c(ncn2[C@H]2CCC[C@H]2O)c(=O)[nH]1. The number of aromatic amines is 1. The first-order valence-electron chi connectivity index (χ1n) is 5.57. The Hall–Kier alpha value is -1.89. The first kappa shape index (κ1) is 10.3. The molecule has 0 bridgehead atoms. The highest BCUT2D eigenvalue weighted by atomic mass is 16.3. The molecule has 17 heavy (non-hydrogen) atoms. The molecule has 90 valence electrons. The predicted octanol–water partition coefficient (Wildman–Crippen LogP) is -0.212. The van der Waals surface area contributed by atoms with Crippen LogP contribution in [0.3, 0.4) is 0 Å². The molecule has 2 aromatic heterocycles. The van der Waals surface area contributed by atoms with E-state index < -0.39 is 6.10 Å². The van der Waals surface area contributed by atoms with E-state index in [4.69, 9.17) is 5.73 Å². The van der Waals surface area contributed by atoms with Gasteiger partial charge in [-0.3, -0.25) is 9.78 Å². The quantitative estimate of drug-likeness (QED) is 0.633. The predicted molar refractivity (Wildman–Crippen MR) is 61.5 cm³/mol. The molecular weight excluding hydrogens is 222 g/mol. The number of imidazole rings is 1. The Bertz CT molecular complexity index is 617. The lowest BCUT2D eigenvalue weighted by atomic mass is 10.2. The van der Waals surface area contributed by atoms with Gasteiger partial charge in [-0.2, -0.15) is 4.98 Å². The van der Waals surface area contributed by atoms with Crippen LogP contribution in [0.4, 0.5) is 5.95 Å². The van der Waals surface area contributed by atoms with Crippen LogP contribution in [0, 0.1) is 0 Å². The van der Waals surface area contributed by atoms with Gasteiger partial charge in [0.05, 0.1) is 18.5 Å². The molecule has 1 aliphatic carbocycles. The molecule has 7 heteroatoms. The monoisotopic (exact) mass is 235 g/mol. The number of nitrogens with two attached hydrogens (primary N) is 1. The Morgan fingerprint density at radius 1 is 1.53 bits per heavy atom. The number of hydrogen-bond donors (Lipinski definition) is 3. The molecule has 3 rings (SSSR count). The van der Waals surface area contributed by atoms with Crippen molar-refractivity contribution in [2.45, 2.75) is 31.4 Å². The molecule has 0 spiro atoms. The van der Waals surface area contributed by atoms with Crippen LogP contribution in [0.2, 0.25) is 0 Å². The van der Waals surface area contributed by atoms with Crippen molar-refractivity contribution in [1.29, 1.82) is 0 Å². The summed E-state index contributed by atoms with van der Waals surface area (Å²) in [5.74, 6) is 0.0664. The number of nitrogens with one attached hydrogen (secondary N) is 1. The maximum absolute atomic E-state index is 11.6. The van der Waals surface area contributed by atoms with Crippen molar-refractivity contribution in [3.8, 4) is 0 Å². The number of H-pyrrole nitrogens is 1. The Morgan fingerprint density at radius 3 is 3.06 bits per heavy atom. The lowest BCUT2D eigenvalue weighted by Gasteiger charge is -2.16. The Kier molecular flexibility index (Phi) is 2.15. The van der Waals surface area contributed by atoms with E-state index in [0.717, 1.165) is 19.3 Å². The number of fused-ring (bicyclic) bond motifs is 1. The summed E-state index contributed by atoms with van der Waals surface area (Å²) in [4.78, 5) is 22.1. The molecule has 1 saturated carbocycles. The minimum Gasteiger partial charge on any atom is -0.391 e. The van der Waals surface area contributed by atoms with Crippen molar-refractivity contribution in [2.75, 3.05) is 5.73 Å². The van der Waals surface area contributed by atoms with E-state index in [9.17, 15) is 9.90 Å². The molecule has 1 aliphatic rings. The van der Waals surface area contributed by atoms with Crippen molar-refractivity contribution in [2.24, 2.45) is 0 Å². The summed E-state index contributed by atoms with van der Waals surface area (Å²) >= 11 is 0. The normalized spacial score (nSPS) is 24.5. The van der Waals surface area contributed by atoms with Crippen molar-refractivity contribution < 1.29 is 5.11 Å². The fourth-order valence-corrected chi connectivity index (χ4v) is 2.43. The second-order valence-electron chi connectivity index (χ2n) is 4.34. The molecule has 0 aliphatic heterocycles. The topological polar surface area (TPSA) is 110 Å². The van der Waals surface area contributed by atoms with Gasteiger partial charge in [0, 0.05) is 0 Å². The zero-order valence-corrected chi connectivity index (χ0v) is 9.13. The van der Waals surface area contributed by atoms with Crippen LogP contribution in [-0.2, 0) is 0 Å². The van der Waals surface area contributed by atoms with Gasteiger partial charge >= 0.3 is 0 Å². The van der Waals surface area contributed by atoms with Gasteiger partial charge in [-0.05, 0) is 19.3 Å². The molecule has 2 atom stereocenters. The third-order valence-electron chi connectivity index (χ3n) is 3.25. The van der Waals surface area contributed by atoms with Crippen LogP contribution in [0.25, 0.3) is 11.2 Å². The summed E-state index contributed by atoms with van der Waals surface area (Å²) in [5.41, 5.74) is 5.87.